The van der Waals surface area contributed by atoms with Gasteiger partial charge >= 0.3 is 0 Å². The third kappa shape index (κ3) is 3.27. The van der Waals surface area contributed by atoms with Crippen molar-refractivity contribution < 1.29 is 4.74 Å². The maximum atomic E-state index is 6.32. The number of aryl methyl sites for hydroxylation is 2. The van der Waals surface area contributed by atoms with E-state index in [9.17, 15) is 0 Å². The third-order valence-electron chi connectivity index (χ3n) is 4.47. The predicted octanol–water partition coefficient (Wildman–Crippen LogP) is 3.16. The molecule has 0 saturated heterocycles. The van der Waals surface area contributed by atoms with Crippen molar-refractivity contribution in [3.63, 3.8) is 0 Å². The van der Waals surface area contributed by atoms with E-state index in [2.05, 4.69) is 11.9 Å². The molecule has 0 bridgehead atoms. The molecule has 1 aliphatic carbocycles. The molecule has 0 aliphatic heterocycles. The van der Waals surface area contributed by atoms with E-state index in [1.807, 2.05) is 13.1 Å². The number of aromatic nitrogens is 1. The van der Waals surface area contributed by atoms with Gasteiger partial charge in [-0.1, -0.05) is 12.8 Å². The van der Waals surface area contributed by atoms with E-state index in [1.54, 1.807) is 7.11 Å². The topological polar surface area (TPSA) is 48.1 Å². The molecule has 0 radical (unpaired) electrons. The SMILES string of the molecule is COc1c(C)cnc(CCC(N)C2CCCC2)c1C. The van der Waals surface area contributed by atoms with Crippen LogP contribution < -0.4 is 10.5 Å². The molecule has 1 aromatic heterocycles. The van der Waals surface area contributed by atoms with Crippen molar-refractivity contribution in [2.45, 2.75) is 58.4 Å². The zero-order valence-electron chi connectivity index (χ0n) is 12.4. The first-order valence-electron chi connectivity index (χ1n) is 7.38. The molecule has 1 unspecified atom stereocenters. The molecule has 19 heavy (non-hydrogen) atoms. The van der Waals surface area contributed by atoms with Gasteiger partial charge in [-0.05, 0) is 45.4 Å². The van der Waals surface area contributed by atoms with Crippen molar-refractivity contribution in [2.75, 3.05) is 7.11 Å². The summed E-state index contributed by atoms with van der Waals surface area (Å²) in [6, 6.07) is 0.330. The minimum atomic E-state index is 0.330. The number of nitrogens with two attached hydrogens (primary N) is 1. The van der Waals surface area contributed by atoms with Crippen LogP contribution in [0, 0.1) is 19.8 Å². The van der Waals surface area contributed by atoms with Crippen molar-refractivity contribution in [2.24, 2.45) is 11.7 Å². The molecular formula is C16H26N2O. The van der Waals surface area contributed by atoms with E-state index in [0.717, 1.165) is 35.8 Å². The normalized spacial score (nSPS) is 17.7. The summed E-state index contributed by atoms with van der Waals surface area (Å²) < 4.78 is 5.45. The Bertz CT molecular complexity index is 425. The number of ether oxygens (including phenoxy) is 1. The molecule has 1 aromatic rings. The van der Waals surface area contributed by atoms with Crippen LogP contribution >= 0.6 is 0 Å². The van der Waals surface area contributed by atoms with Gasteiger partial charge in [-0.2, -0.15) is 0 Å². The number of hydrogen-bond acceptors (Lipinski definition) is 3. The fourth-order valence-corrected chi connectivity index (χ4v) is 3.25. The highest BCUT2D eigenvalue weighted by molar-refractivity contribution is 5.41. The minimum absolute atomic E-state index is 0.330. The van der Waals surface area contributed by atoms with Crippen LogP contribution in [0.2, 0.25) is 0 Å². The van der Waals surface area contributed by atoms with Crippen molar-refractivity contribution in [1.29, 1.82) is 0 Å². The lowest BCUT2D eigenvalue weighted by molar-refractivity contribution is 0.400. The molecule has 2 rings (SSSR count). The van der Waals surface area contributed by atoms with Gasteiger partial charge in [-0.15, -0.1) is 0 Å². The number of rotatable bonds is 5. The predicted molar refractivity (Wildman–Crippen MR) is 78.5 cm³/mol. The summed E-state index contributed by atoms with van der Waals surface area (Å²) in [4.78, 5) is 4.55. The Hall–Kier alpha value is -1.09. The molecule has 0 aromatic carbocycles. The van der Waals surface area contributed by atoms with Crippen LogP contribution in [-0.4, -0.2) is 18.1 Å². The molecule has 1 saturated carbocycles. The quantitative estimate of drug-likeness (QED) is 0.886. The van der Waals surface area contributed by atoms with Gasteiger partial charge in [0.05, 0.1) is 7.11 Å². The second-order valence-electron chi connectivity index (χ2n) is 5.79. The zero-order valence-corrected chi connectivity index (χ0v) is 12.4. The van der Waals surface area contributed by atoms with E-state index in [0.29, 0.717) is 6.04 Å². The monoisotopic (exact) mass is 262 g/mol. The average Bonchev–Trinajstić information content (AvgIpc) is 2.92. The Kier molecular flexibility index (Phi) is 4.81. The first-order chi connectivity index (χ1) is 9.13. The van der Waals surface area contributed by atoms with Crippen molar-refractivity contribution in [3.05, 3.63) is 23.0 Å². The summed E-state index contributed by atoms with van der Waals surface area (Å²) in [5.74, 6) is 1.70. The summed E-state index contributed by atoms with van der Waals surface area (Å²) >= 11 is 0. The molecule has 0 amide bonds. The van der Waals surface area contributed by atoms with Crippen LogP contribution in [0.15, 0.2) is 6.20 Å². The summed E-state index contributed by atoms with van der Waals surface area (Å²) in [6.07, 6.45) is 9.23. The number of methoxy groups -OCH3 is 1. The van der Waals surface area contributed by atoms with Crippen molar-refractivity contribution >= 4 is 0 Å². The molecule has 3 nitrogen and oxygen atoms in total. The number of hydrogen-bond donors (Lipinski definition) is 1. The summed E-state index contributed by atoms with van der Waals surface area (Å²) in [7, 11) is 1.73. The van der Waals surface area contributed by atoms with Crippen LogP contribution in [0.3, 0.4) is 0 Å². The highest BCUT2D eigenvalue weighted by Crippen LogP contribution is 2.29. The summed E-state index contributed by atoms with van der Waals surface area (Å²) in [6.45, 7) is 4.13. The van der Waals surface area contributed by atoms with Crippen molar-refractivity contribution in [1.82, 2.24) is 4.98 Å². The smallest absolute Gasteiger partial charge is 0.128 e. The van der Waals surface area contributed by atoms with Crippen LogP contribution in [0.1, 0.15) is 48.9 Å². The Morgan fingerprint density at radius 2 is 2.05 bits per heavy atom. The lowest BCUT2D eigenvalue weighted by atomic mass is 9.93. The number of pyridine rings is 1. The maximum absolute atomic E-state index is 6.32. The minimum Gasteiger partial charge on any atom is -0.496 e. The molecule has 1 fully saturated rings. The Morgan fingerprint density at radius 1 is 1.37 bits per heavy atom. The number of nitrogens with zero attached hydrogens (tertiary/aromatic N) is 1. The average molecular weight is 262 g/mol. The van der Waals surface area contributed by atoms with Gasteiger partial charge < -0.3 is 10.5 Å². The maximum Gasteiger partial charge on any atom is 0.128 e. The van der Waals surface area contributed by atoms with E-state index < -0.39 is 0 Å². The lowest BCUT2D eigenvalue weighted by Gasteiger charge is -2.19. The second-order valence-corrected chi connectivity index (χ2v) is 5.79. The first kappa shape index (κ1) is 14.3. The molecule has 1 heterocycles. The second kappa shape index (κ2) is 6.38. The van der Waals surface area contributed by atoms with Gasteiger partial charge in [0.2, 0.25) is 0 Å². The lowest BCUT2D eigenvalue weighted by Crippen LogP contribution is -2.29. The summed E-state index contributed by atoms with van der Waals surface area (Å²) in [5, 5.41) is 0. The Morgan fingerprint density at radius 3 is 2.68 bits per heavy atom. The summed E-state index contributed by atoms with van der Waals surface area (Å²) in [5.41, 5.74) is 9.72. The molecular weight excluding hydrogens is 236 g/mol. The molecule has 2 N–H and O–H groups in total. The van der Waals surface area contributed by atoms with Gasteiger partial charge in [0, 0.05) is 29.1 Å². The van der Waals surface area contributed by atoms with Crippen LogP contribution in [0.5, 0.6) is 5.75 Å². The highest BCUT2D eigenvalue weighted by Gasteiger charge is 2.22. The molecule has 0 spiro atoms. The van der Waals surface area contributed by atoms with Gasteiger partial charge in [0.25, 0.3) is 0 Å². The van der Waals surface area contributed by atoms with E-state index >= 15 is 0 Å². The van der Waals surface area contributed by atoms with Gasteiger partial charge in [-0.25, -0.2) is 0 Å². The molecule has 3 heteroatoms. The van der Waals surface area contributed by atoms with Crippen molar-refractivity contribution in [3.8, 4) is 5.75 Å². The fraction of sp³-hybridized carbons (Fsp3) is 0.688. The van der Waals surface area contributed by atoms with E-state index in [4.69, 9.17) is 10.5 Å². The standard InChI is InChI=1S/C16H26N2O/c1-11-10-18-15(12(2)16(11)19-3)9-8-14(17)13-6-4-5-7-13/h10,13-14H,4-9,17H2,1-3H3. The largest absolute Gasteiger partial charge is 0.496 e. The van der Waals surface area contributed by atoms with E-state index in [-0.39, 0.29) is 0 Å². The first-order valence-corrected chi connectivity index (χ1v) is 7.38. The molecule has 1 aliphatic rings. The van der Waals surface area contributed by atoms with Gasteiger partial charge in [0.1, 0.15) is 5.75 Å². The van der Waals surface area contributed by atoms with Crippen LogP contribution in [-0.2, 0) is 6.42 Å². The fourth-order valence-electron chi connectivity index (χ4n) is 3.25. The third-order valence-corrected chi connectivity index (χ3v) is 4.47. The molecule has 1 atom stereocenters. The Balaban J connectivity index is 1.99. The van der Waals surface area contributed by atoms with Gasteiger partial charge in [-0.3, -0.25) is 4.98 Å². The Labute approximate surface area is 116 Å². The van der Waals surface area contributed by atoms with Crippen LogP contribution in [0.25, 0.3) is 0 Å². The van der Waals surface area contributed by atoms with Crippen LogP contribution in [0.4, 0.5) is 0 Å². The van der Waals surface area contributed by atoms with E-state index in [1.165, 1.54) is 31.2 Å². The highest BCUT2D eigenvalue weighted by atomic mass is 16.5. The van der Waals surface area contributed by atoms with Gasteiger partial charge in [0.15, 0.2) is 0 Å². The molecule has 106 valence electrons. The zero-order chi connectivity index (χ0) is 13.8.